The van der Waals surface area contributed by atoms with Crippen molar-refractivity contribution < 1.29 is 9.47 Å². The molecule has 7 unspecified atom stereocenters. The van der Waals surface area contributed by atoms with E-state index in [0.717, 1.165) is 55.0 Å². The highest BCUT2D eigenvalue weighted by molar-refractivity contribution is 6.28. The van der Waals surface area contributed by atoms with E-state index in [4.69, 9.17) is 9.47 Å². The molecule has 7 atom stereocenters. The minimum atomic E-state index is -0.0218. The number of ether oxygens (including phenoxy) is 2. The summed E-state index contributed by atoms with van der Waals surface area (Å²) in [7, 11) is 0. The molecular weight excluding hydrogens is 841 g/mol. The van der Waals surface area contributed by atoms with Crippen molar-refractivity contribution >= 4 is 60.6 Å². The van der Waals surface area contributed by atoms with Crippen molar-refractivity contribution in [2.24, 2.45) is 11.8 Å². The van der Waals surface area contributed by atoms with Crippen LogP contribution in [0.5, 0.6) is 5.75 Å². The third-order valence-corrected chi connectivity index (χ3v) is 16.0. The van der Waals surface area contributed by atoms with Crippen molar-refractivity contribution in [3.8, 4) is 5.75 Å². The van der Waals surface area contributed by atoms with Gasteiger partial charge in [0.25, 0.3) is 0 Å². The largest absolute Gasteiger partial charge is 0.483 e. The normalized spacial score (nSPS) is 25.0. The van der Waals surface area contributed by atoms with Gasteiger partial charge in [-0.15, -0.1) is 0 Å². The summed E-state index contributed by atoms with van der Waals surface area (Å²) in [6.07, 6.45) is 37.0. The Morgan fingerprint density at radius 1 is 0.551 bits per heavy atom. The van der Waals surface area contributed by atoms with Gasteiger partial charge in [-0.3, -0.25) is 0 Å². The lowest BCUT2D eigenvalue weighted by Crippen LogP contribution is -2.33. The number of allylic oxidation sites excluding steroid dienone is 9. The van der Waals surface area contributed by atoms with Crippen LogP contribution in [0, 0.1) is 11.8 Å². The maximum absolute atomic E-state index is 7.06. The van der Waals surface area contributed by atoms with E-state index in [2.05, 4.69) is 223 Å². The molecule has 0 spiro atoms. The second-order valence-corrected chi connectivity index (χ2v) is 20.1. The van der Waals surface area contributed by atoms with Gasteiger partial charge < -0.3 is 19.3 Å². The third kappa shape index (κ3) is 6.48. The minimum absolute atomic E-state index is 0.0132. The zero-order valence-corrected chi connectivity index (χ0v) is 38.9. The van der Waals surface area contributed by atoms with Crippen molar-refractivity contribution in [3.05, 3.63) is 240 Å². The van der Waals surface area contributed by atoms with Crippen LogP contribution in [0.4, 0.5) is 22.7 Å². The van der Waals surface area contributed by atoms with E-state index in [9.17, 15) is 0 Å². The van der Waals surface area contributed by atoms with E-state index < -0.39 is 0 Å². The van der Waals surface area contributed by atoms with Crippen molar-refractivity contribution in [2.45, 2.75) is 69.1 Å². The average Bonchev–Trinajstić information content (AvgIpc) is 3.99. The van der Waals surface area contributed by atoms with Crippen LogP contribution in [0.15, 0.2) is 223 Å². The summed E-state index contributed by atoms with van der Waals surface area (Å²) in [6.45, 7) is 2.39. The van der Waals surface area contributed by atoms with Crippen LogP contribution in [0.2, 0.25) is 0 Å². The molecule has 0 aromatic heterocycles. The van der Waals surface area contributed by atoms with Gasteiger partial charge in [-0.25, -0.2) is 0 Å². The summed E-state index contributed by atoms with van der Waals surface area (Å²) in [5.41, 5.74) is 12.4. The van der Waals surface area contributed by atoms with Gasteiger partial charge in [0.1, 0.15) is 23.7 Å². The first-order chi connectivity index (χ1) is 34.2. The maximum Gasteiger partial charge on any atom is 0.147 e. The summed E-state index contributed by atoms with van der Waals surface area (Å²) in [6, 6.07) is 45.9. The molecule has 69 heavy (non-hydrogen) atoms. The predicted octanol–water partition coefficient (Wildman–Crippen LogP) is 16.4. The average molecular weight is 895 g/mol. The molecule has 2 aliphatic heterocycles. The molecule has 0 radical (unpaired) electrons. The summed E-state index contributed by atoms with van der Waals surface area (Å²) in [5.74, 6) is 3.42. The number of nitrogens with zero attached hydrogens (tertiary/aromatic N) is 2. The maximum atomic E-state index is 7.06. The zero-order valence-electron chi connectivity index (χ0n) is 38.9. The number of rotatable bonds is 8. The van der Waals surface area contributed by atoms with Gasteiger partial charge >= 0.3 is 0 Å². The molecule has 7 aromatic carbocycles. The smallest absolute Gasteiger partial charge is 0.147 e. The number of hydrogen-bond acceptors (Lipinski definition) is 4. The quantitative estimate of drug-likeness (QED) is 0.112. The van der Waals surface area contributed by atoms with Crippen LogP contribution in [-0.4, -0.2) is 18.2 Å². The Balaban J connectivity index is 0.995. The van der Waals surface area contributed by atoms with Crippen molar-refractivity contribution in [2.75, 3.05) is 9.80 Å². The fourth-order valence-electron chi connectivity index (χ4n) is 12.9. The van der Waals surface area contributed by atoms with Crippen molar-refractivity contribution in [1.29, 1.82) is 0 Å². The van der Waals surface area contributed by atoms with E-state index in [1.165, 1.54) is 77.2 Å². The minimum Gasteiger partial charge on any atom is -0.483 e. The summed E-state index contributed by atoms with van der Waals surface area (Å²) < 4.78 is 14.1. The highest BCUT2D eigenvalue weighted by Gasteiger charge is 2.41. The fraction of sp³-hybridized carbons (Fsp3) is 0.200. The molecule has 0 amide bonds. The highest BCUT2D eigenvalue weighted by Crippen LogP contribution is 2.54. The van der Waals surface area contributed by atoms with Gasteiger partial charge in [0.2, 0.25) is 0 Å². The molecule has 14 rings (SSSR count). The summed E-state index contributed by atoms with van der Waals surface area (Å²) in [4.78, 5) is 5.19. The molecule has 0 bridgehead atoms. The van der Waals surface area contributed by atoms with Crippen LogP contribution < -0.4 is 14.5 Å². The van der Waals surface area contributed by atoms with Crippen LogP contribution in [0.3, 0.4) is 0 Å². The Hall–Kier alpha value is -7.56. The second-order valence-electron chi connectivity index (χ2n) is 20.1. The Morgan fingerprint density at radius 3 is 2.07 bits per heavy atom. The van der Waals surface area contributed by atoms with Gasteiger partial charge in [0, 0.05) is 39.8 Å². The first-order valence-corrected chi connectivity index (χ1v) is 25.2. The van der Waals surface area contributed by atoms with Gasteiger partial charge in [-0.05, 0) is 118 Å². The fourth-order valence-corrected chi connectivity index (χ4v) is 12.9. The van der Waals surface area contributed by atoms with E-state index >= 15 is 0 Å². The van der Waals surface area contributed by atoms with E-state index in [-0.39, 0.29) is 30.1 Å². The third-order valence-electron chi connectivity index (χ3n) is 16.0. The molecule has 7 aliphatic rings. The molecule has 4 nitrogen and oxygen atoms in total. The number of para-hydroxylation sites is 2. The summed E-state index contributed by atoms with van der Waals surface area (Å²) in [5, 5.41) is 7.51. The standard InChI is InChI=1S/C65H54N2O2/c1-41-16-13-19-45(40-41)47-21-6-10-27-55(47)67(59-29-15-25-51-49-23-8-12-31-61(49)69-65(51)59)57-39-35-44-32-36-52-56(38-34-43-33-37-53(57)63(44)62(43)52)66(54-26-9-5-20-46(54)42-17-3-2-4-18-42)58-28-14-24-50-48-22-7-11-30-60(48)68-64(50)58/h2-14,17-24,27-39,41,45,48-49,54,60-61H,15-16,25-26,40H2,1H3. The SMILES string of the molecule is CC1CC=CC(c2ccccc2N(C2=CCCC3=C2OC2C=CC=CC32)c2ccc3ccc4c(N(c5cccc6c5OC5C=CC=CC65)C5CC=CC=C5c5ccccc5)ccc5ccc2c3c54)C1. The van der Waals surface area contributed by atoms with E-state index in [1.54, 1.807) is 0 Å². The summed E-state index contributed by atoms with van der Waals surface area (Å²) >= 11 is 0. The van der Waals surface area contributed by atoms with Gasteiger partial charge in [-0.1, -0.05) is 177 Å². The molecular formula is C65H54N2O2. The molecule has 7 aromatic rings. The number of anilines is 4. The lowest BCUT2D eigenvalue weighted by Gasteiger charge is -2.38. The number of hydrogen-bond donors (Lipinski definition) is 0. The van der Waals surface area contributed by atoms with Crippen LogP contribution in [0.1, 0.15) is 67.6 Å². The van der Waals surface area contributed by atoms with Gasteiger partial charge in [0.15, 0.2) is 0 Å². The Kier molecular flexibility index (Phi) is 9.57. The molecule has 0 saturated carbocycles. The van der Waals surface area contributed by atoms with Crippen LogP contribution in [0.25, 0.3) is 37.9 Å². The van der Waals surface area contributed by atoms with Crippen molar-refractivity contribution in [1.82, 2.24) is 0 Å². The van der Waals surface area contributed by atoms with Crippen molar-refractivity contribution in [3.63, 3.8) is 0 Å². The predicted molar refractivity (Wildman–Crippen MR) is 286 cm³/mol. The highest BCUT2D eigenvalue weighted by atomic mass is 16.5. The molecule has 4 heteroatoms. The van der Waals surface area contributed by atoms with Gasteiger partial charge in [-0.2, -0.15) is 0 Å². The Bertz CT molecular complexity index is 3510. The van der Waals surface area contributed by atoms with Crippen LogP contribution >= 0.6 is 0 Å². The molecule has 2 heterocycles. The van der Waals surface area contributed by atoms with Crippen LogP contribution in [-0.2, 0) is 4.74 Å². The van der Waals surface area contributed by atoms with E-state index in [1.807, 2.05) is 0 Å². The van der Waals surface area contributed by atoms with Gasteiger partial charge in [0.05, 0.1) is 28.8 Å². The second kappa shape index (κ2) is 16.3. The Labute approximate surface area is 404 Å². The number of fused-ring (bicyclic) bond motifs is 5. The Morgan fingerprint density at radius 2 is 1.25 bits per heavy atom. The molecule has 0 fully saturated rings. The first-order valence-electron chi connectivity index (χ1n) is 25.2. The monoisotopic (exact) mass is 894 g/mol. The lowest BCUT2D eigenvalue weighted by atomic mass is 9.82. The number of benzene rings is 7. The lowest BCUT2D eigenvalue weighted by molar-refractivity contribution is 0.170. The molecule has 0 N–H and O–H groups in total. The molecule has 336 valence electrons. The first kappa shape index (κ1) is 40.5. The molecule has 0 saturated heterocycles. The zero-order chi connectivity index (χ0) is 45.6. The van der Waals surface area contributed by atoms with E-state index in [0.29, 0.717) is 11.8 Å². The molecule has 5 aliphatic carbocycles. The topological polar surface area (TPSA) is 24.9 Å².